The maximum absolute atomic E-state index is 12.3. The van der Waals surface area contributed by atoms with Gasteiger partial charge < -0.3 is 4.98 Å². The number of hydrogen-bond donors (Lipinski definition) is 2. The second kappa shape index (κ2) is 6.41. The van der Waals surface area contributed by atoms with E-state index in [1.807, 2.05) is 30.5 Å². The van der Waals surface area contributed by atoms with Gasteiger partial charge in [-0.25, -0.2) is 5.43 Å². The van der Waals surface area contributed by atoms with E-state index >= 15 is 0 Å². The van der Waals surface area contributed by atoms with Crippen LogP contribution in [0.2, 0.25) is 0 Å². The number of carbonyl (C=O) groups excluding carboxylic acids is 1. The van der Waals surface area contributed by atoms with Crippen molar-refractivity contribution >= 4 is 50.1 Å². The third-order valence-corrected chi connectivity index (χ3v) is 5.04. The van der Waals surface area contributed by atoms with Crippen molar-refractivity contribution in [3.63, 3.8) is 0 Å². The smallest absolute Gasteiger partial charge is 0.281 e. The lowest BCUT2D eigenvalue weighted by molar-refractivity contribution is -0.384. The first kappa shape index (κ1) is 16.0. The molecule has 0 radical (unpaired) electrons. The van der Waals surface area contributed by atoms with Crippen LogP contribution in [0.25, 0.3) is 21.0 Å². The number of thiophene rings is 1. The number of H-pyrrole nitrogens is 1. The van der Waals surface area contributed by atoms with Gasteiger partial charge in [0.25, 0.3) is 11.6 Å². The van der Waals surface area contributed by atoms with Gasteiger partial charge in [-0.05, 0) is 18.2 Å². The monoisotopic (exact) mass is 364 g/mol. The molecule has 2 aromatic heterocycles. The number of rotatable bonds is 4. The molecule has 2 N–H and O–H groups in total. The van der Waals surface area contributed by atoms with Crippen LogP contribution < -0.4 is 5.43 Å². The highest BCUT2D eigenvalue weighted by molar-refractivity contribution is 7.20. The highest BCUT2D eigenvalue weighted by atomic mass is 32.1. The molecule has 2 heterocycles. The molecule has 128 valence electrons. The Balaban J connectivity index is 1.52. The Morgan fingerprint density at radius 1 is 1.23 bits per heavy atom. The summed E-state index contributed by atoms with van der Waals surface area (Å²) in [4.78, 5) is 26.2. The van der Waals surface area contributed by atoms with Crippen molar-refractivity contribution in [3.05, 3.63) is 75.3 Å². The molecule has 0 spiro atoms. The Morgan fingerprint density at radius 2 is 2.08 bits per heavy atom. The standard InChI is InChI=1S/C18H12N4O3S/c23-18(17-8-11-7-13(22(24)25)5-6-16(11)26-17)21-20-10-12-9-19-15-4-2-1-3-14(12)15/h1-10,19H,(H,21,23)/b20-10+. The molecule has 0 aliphatic carbocycles. The Bertz CT molecular complexity index is 1180. The number of para-hydroxylation sites is 1. The van der Waals surface area contributed by atoms with Crippen LogP contribution in [0.5, 0.6) is 0 Å². The van der Waals surface area contributed by atoms with Crippen molar-refractivity contribution in [2.45, 2.75) is 0 Å². The SMILES string of the molecule is O=C(N/N=C/c1c[nH]c2ccccc12)c1cc2cc([N+](=O)[O-])ccc2s1. The molecule has 8 heteroatoms. The van der Waals surface area contributed by atoms with Gasteiger partial charge in [-0.1, -0.05) is 18.2 Å². The molecule has 4 aromatic rings. The summed E-state index contributed by atoms with van der Waals surface area (Å²) in [5.41, 5.74) is 4.35. The molecular weight excluding hydrogens is 352 g/mol. The first-order valence-electron chi connectivity index (χ1n) is 7.69. The normalized spacial score (nSPS) is 11.4. The van der Waals surface area contributed by atoms with Gasteiger partial charge in [-0.3, -0.25) is 14.9 Å². The molecule has 7 nitrogen and oxygen atoms in total. The largest absolute Gasteiger partial charge is 0.361 e. The second-order valence-electron chi connectivity index (χ2n) is 5.58. The summed E-state index contributed by atoms with van der Waals surface area (Å²) in [6, 6.07) is 14.0. The predicted molar refractivity (Wildman–Crippen MR) is 102 cm³/mol. The van der Waals surface area contributed by atoms with E-state index in [0.29, 0.717) is 10.3 Å². The van der Waals surface area contributed by atoms with Gasteiger partial charge in [0.2, 0.25) is 0 Å². The van der Waals surface area contributed by atoms with Gasteiger partial charge in [-0.2, -0.15) is 5.10 Å². The van der Waals surface area contributed by atoms with E-state index in [2.05, 4.69) is 15.5 Å². The Hall–Kier alpha value is -3.52. The number of aromatic nitrogens is 1. The van der Waals surface area contributed by atoms with Crippen molar-refractivity contribution in [1.29, 1.82) is 0 Å². The van der Waals surface area contributed by atoms with E-state index < -0.39 is 4.92 Å². The predicted octanol–water partition coefficient (Wildman–Crippen LogP) is 4.05. The summed E-state index contributed by atoms with van der Waals surface area (Å²) >= 11 is 1.26. The highest BCUT2D eigenvalue weighted by Gasteiger charge is 2.13. The average molecular weight is 364 g/mol. The van der Waals surface area contributed by atoms with Gasteiger partial charge in [0.05, 0.1) is 16.0 Å². The zero-order chi connectivity index (χ0) is 18.1. The zero-order valence-corrected chi connectivity index (χ0v) is 14.1. The lowest BCUT2D eigenvalue weighted by Crippen LogP contribution is -2.16. The minimum Gasteiger partial charge on any atom is -0.361 e. The number of hydrogen-bond acceptors (Lipinski definition) is 5. The average Bonchev–Trinajstić information content (AvgIpc) is 3.25. The molecule has 26 heavy (non-hydrogen) atoms. The summed E-state index contributed by atoms with van der Waals surface area (Å²) < 4.78 is 0.807. The maximum Gasteiger partial charge on any atom is 0.281 e. The lowest BCUT2D eigenvalue weighted by Gasteiger charge is -1.95. The van der Waals surface area contributed by atoms with E-state index in [1.54, 1.807) is 18.3 Å². The summed E-state index contributed by atoms with van der Waals surface area (Å²) in [6.45, 7) is 0. The van der Waals surface area contributed by atoms with E-state index in [0.717, 1.165) is 21.2 Å². The zero-order valence-electron chi connectivity index (χ0n) is 13.3. The molecule has 0 atom stereocenters. The van der Waals surface area contributed by atoms with Crippen molar-refractivity contribution in [3.8, 4) is 0 Å². The quantitative estimate of drug-likeness (QED) is 0.324. The van der Waals surface area contributed by atoms with E-state index in [9.17, 15) is 14.9 Å². The van der Waals surface area contributed by atoms with Crippen LogP contribution in [0.15, 0.2) is 59.8 Å². The number of fused-ring (bicyclic) bond motifs is 2. The first-order valence-corrected chi connectivity index (χ1v) is 8.51. The van der Waals surface area contributed by atoms with Crippen molar-refractivity contribution in [2.75, 3.05) is 0 Å². The molecule has 0 saturated heterocycles. The van der Waals surface area contributed by atoms with Gasteiger partial charge in [0.1, 0.15) is 0 Å². The van der Waals surface area contributed by atoms with Crippen LogP contribution in [0.3, 0.4) is 0 Å². The Labute approximate surface area is 151 Å². The number of non-ortho nitro benzene ring substituents is 1. The number of benzene rings is 2. The lowest BCUT2D eigenvalue weighted by atomic mass is 10.2. The summed E-state index contributed by atoms with van der Waals surface area (Å²) in [5.74, 6) is -0.357. The minimum atomic E-state index is -0.456. The van der Waals surface area contributed by atoms with E-state index in [1.165, 1.54) is 23.5 Å². The first-order chi connectivity index (χ1) is 12.6. The Morgan fingerprint density at radius 3 is 2.92 bits per heavy atom. The molecule has 0 aliphatic rings. The number of hydrazone groups is 1. The maximum atomic E-state index is 12.3. The molecule has 0 unspecified atom stereocenters. The minimum absolute atomic E-state index is 0.000357. The van der Waals surface area contributed by atoms with Gasteiger partial charge in [0, 0.05) is 44.9 Å². The van der Waals surface area contributed by atoms with Crippen LogP contribution in [-0.4, -0.2) is 22.0 Å². The number of nitro groups is 1. The number of nitro benzene ring substituents is 1. The molecule has 1 amide bonds. The van der Waals surface area contributed by atoms with Gasteiger partial charge in [-0.15, -0.1) is 11.3 Å². The van der Waals surface area contributed by atoms with Crippen LogP contribution in [0.1, 0.15) is 15.2 Å². The summed E-state index contributed by atoms with van der Waals surface area (Å²) in [5, 5.41) is 16.5. The molecule has 0 aliphatic heterocycles. The molecule has 0 fully saturated rings. The van der Waals surface area contributed by atoms with Crippen LogP contribution in [0, 0.1) is 10.1 Å². The summed E-state index contributed by atoms with van der Waals surface area (Å²) in [6.07, 6.45) is 3.40. The van der Waals surface area contributed by atoms with Crippen molar-refractivity contribution in [2.24, 2.45) is 5.10 Å². The van der Waals surface area contributed by atoms with Gasteiger partial charge >= 0.3 is 0 Å². The number of nitrogens with zero attached hydrogens (tertiary/aromatic N) is 2. The van der Waals surface area contributed by atoms with Gasteiger partial charge in [0.15, 0.2) is 0 Å². The van der Waals surface area contributed by atoms with Crippen LogP contribution in [-0.2, 0) is 0 Å². The molecule has 0 bridgehead atoms. The fourth-order valence-electron chi connectivity index (χ4n) is 2.67. The fourth-order valence-corrected chi connectivity index (χ4v) is 3.61. The van der Waals surface area contributed by atoms with Crippen molar-refractivity contribution in [1.82, 2.24) is 10.4 Å². The van der Waals surface area contributed by atoms with E-state index in [4.69, 9.17) is 0 Å². The topological polar surface area (TPSA) is 100 Å². The molecular formula is C18H12N4O3S. The molecule has 2 aromatic carbocycles. The second-order valence-corrected chi connectivity index (χ2v) is 6.66. The highest BCUT2D eigenvalue weighted by Crippen LogP contribution is 2.28. The molecule has 0 saturated carbocycles. The summed E-state index contributed by atoms with van der Waals surface area (Å²) in [7, 11) is 0. The third kappa shape index (κ3) is 2.93. The van der Waals surface area contributed by atoms with E-state index in [-0.39, 0.29) is 11.6 Å². The number of amides is 1. The van der Waals surface area contributed by atoms with Crippen LogP contribution >= 0.6 is 11.3 Å². The Kier molecular flexibility index (Phi) is 3.94. The third-order valence-electron chi connectivity index (χ3n) is 3.93. The fraction of sp³-hybridized carbons (Fsp3) is 0. The number of carbonyl (C=O) groups is 1. The van der Waals surface area contributed by atoms with Crippen molar-refractivity contribution < 1.29 is 9.72 Å². The number of aromatic amines is 1. The van der Waals surface area contributed by atoms with Crippen LogP contribution in [0.4, 0.5) is 5.69 Å². The molecule has 4 rings (SSSR count). The number of nitrogens with one attached hydrogen (secondary N) is 2.